The number of nitrogens with zero attached hydrogens (tertiary/aromatic N) is 2. The largest absolute Gasteiger partial charge is 0.397 e. The highest BCUT2D eigenvalue weighted by Gasteiger charge is 2.17. The lowest BCUT2D eigenvalue weighted by atomic mass is 10.3. The lowest BCUT2D eigenvalue weighted by Crippen LogP contribution is -2.20. The third kappa shape index (κ3) is 3.07. The molecule has 0 saturated carbocycles. The zero-order chi connectivity index (χ0) is 15.4. The molecule has 1 aliphatic heterocycles. The summed E-state index contributed by atoms with van der Waals surface area (Å²) in [7, 11) is 0. The smallest absolute Gasteiger partial charge is 0.277 e. The van der Waals surface area contributed by atoms with E-state index in [1.165, 1.54) is 17.5 Å². The Kier molecular flexibility index (Phi) is 4.01. The van der Waals surface area contributed by atoms with Crippen LogP contribution in [0.1, 0.15) is 10.5 Å². The van der Waals surface area contributed by atoms with Crippen molar-refractivity contribution in [2.45, 2.75) is 0 Å². The predicted octanol–water partition coefficient (Wildman–Crippen LogP) is 1.79. The Morgan fingerprint density at radius 1 is 1.45 bits per heavy atom. The first-order chi connectivity index (χ1) is 10.7. The van der Waals surface area contributed by atoms with E-state index in [1.54, 1.807) is 17.8 Å². The molecule has 8 heteroatoms. The molecule has 0 radical (unpaired) electrons. The maximum Gasteiger partial charge on any atom is 0.277 e. The molecule has 5 N–H and O–H groups in total. The van der Waals surface area contributed by atoms with Crippen molar-refractivity contribution in [1.29, 1.82) is 0 Å². The monoisotopic (exact) mass is 314 g/mol. The summed E-state index contributed by atoms with van der Waals surface area (Å²) in [5.41, 5.74) is 9.62. The number of aromatic nitrogens is 2. The van der Waals surface area contributed by atoms with E-state index < -0.39 is 0 Å². The SMILES string of the molecule is Nc1ccncc1NC(=O)c1ncsc1NC1=CC=CNC1. The fourth-order valence-corrected chi connectivity index (χ4v) is 2.59. The van der Waals surface area contributed by atoms with Crippen LogP contribution in [0.5, 0.6) is 0 Å². The average Bonchev–Trinajstić information content (AvgIpc) is 2.99. The standard InChI is InChI=1S/C14H14N6OS/c15-10-3-5-17-7-11(10)20-13(21)12-14(22-8-18-12)19-9-2-1-4-16-6-9/h1-5,7-8,16,19H,6H2,(H2,15,17)(H,20,21). The number of allylic oxidation sites excluding steroid dienone is 2. The summed E-state index contributed by atoms with van der Waals surface area (Å²) in [6.07, 6.45) is 8.76. The van der Waals surface area contributed by atoms with E-state index in [2.05, 4.69) is 25.9 Å². The minimum absolute atomic E-state index is 0.323. The number of carbonyl (C=O) groups is 1. The first-order valence-electron chi connectivity index (χ1n) is 6.54. The van der Waals surface area contributed by atoms with Crippen molar-refractivity contribution in [3.63, 3.8) is 0 Å². The molecule has 1 amide bonds. The first kappa shape index (κ1) is 14.1. The fraction of sp³-hybridized carbons (Fsp3) is 0.0714. The maximum atomic E-state index is 12.4. The number of dihydropyridines is 1. The molecule has 0 aromatic carbocycles. The number of nitrogen functional groups attached to an aromatic ring is 1. The Balaban J connectivity index is 1.76. The van der Waals surface area contributed by atoms with E-state index in [1.807, 2.05) is 18.4 Å². The number of nitrogens with one attached hydrogen (secondary N) is 3. The second-order valence-corrected chi connectivity index (χ2v) is 5.36. The van der Waals surface area contributed by atoms with Gasteiger partial charge in [0.15, 0.2) is 5.69 Å². The van der Waals surface area contributed by atoms with Gasteiger partial charge in [-0.15, -0.1) is 11.3 Å². The third-order valence-electron chi connectivity index (χ3n) is 2.96. The number of carbonyl (C=O) groups excluding carboxylic acids is 1. The Labute approximate surface area is 131 Å². The quantitative estimate of drug-likeness (QED) is 0.686. The highest BCUT2D eigenvalue weighted by atomic mass is 32.1. The van der Waals surface area contributed by atoms with Gasteiger partial charge in [0.25, 0.3) is 5.91 Å². The molecule has 3 rings (SSSR count). The van der Waals surface area contributed by atoms with Gasteiger partial charge in [-0.2, -0.15) is 0 Å². The molecular weight excluding hydrogens is 300 g/mol. The van der Waals surface area contributed by atoms with Gasteiger partial charge in [0, 0.05) is 11.9 Å². The summed E-state index contributed by atoms with van der Waals surface area (Å²) in [4.78, 5) is 20.4. The topological polar surface area (TPSA) is 105 Å². The van der Waals surface area contributed by atoms with Crippen molar-refractivity contribution >= 4 is 33.6 Å². The van der Waals surface area contributed by atoms with Gasteiger partial charge in [-0.3, -0.25) is 9.78 Å². The molecule has 2 aromatic rings. The van der Waals surface area contributed by atoms with Crippen molar-refractivity contribution in [3.8, 4) is 0 Å². The summed E-state index contributed by atoms with van der Waals surface area (Å²) in [6.45, 7) is 0.672. The summed E-state index contributed by atoms with van der Waals surface area (Å²) in [5.74, 6) is -0.330. The predicted molar refractivity (Wildman–Crippen MR) is 87.6 cm³/mol. The number of anilines is 3. The Morgan fingerprint density at radius 3 is 3.14 bits per heavy atom. The molecule has 0 bridgehead atoms. The molecule has 0 aliphatic carbocycles. The van der Waals surface area contributed by atoms with Crippen molar-refractivity contribution < 1.29 is 4.79 Å². The molecule has 0 saturated heterocycles. The van der Waals surface area contributed by atoms with Crippen LogP contribution < -0.4 is 21.7 Å². The molecule has 7 nitrogen and oxygen atoms in total. The van der Waals surface area contributed by atoms with E-state index in [0.717, 1.165) is 5.70 Å². The maximum absolute atomic E-state index is 12.4. The van der Waals surface area contributed by atoms with Crippen molar-refractivity contribution in [2.75, 3.05) is 22.9 Å². The highest BCUT2D eigenvalue weighted by molar-refractivity contribution is 7.14. The van der Waals surface area contributed by atoms with E-state index in [9.17, 15) is 4.79 Å². The molecule has 0 spiro atoms. The molecule has 22 heavy (non-hydrogen) atoms. The van der Waals surface area contributed by atoms with Gasteiger partial charge in [0.1, 0.15) is 5.00 Å². The molecule has 0 unspecified atom stereocenters. The number of amides is 1. The molecule has 0 fully saturated rings. The van der Waals surface area contributed by atoms with Crippen LogP contribution in [0.3, 0.4) is 0 Å². The van der Waals surface area contributed by atoms with Crippen LogP contribution in [0.25, 0.3) is 0 Å². The molecule has 112 valence electrons. The highest BCUT2D eigenvalue weighted by Crippen LogP contribution is 2.24. The van der Waals surface area contributed by atoms with Crippen molar-refractivity contribution in [3.05, 3.63) is 53.7 Å². The number of nitrogens with two attached hydrogens (primary N) is 1. The average molecular weight is 314 g/mol. The third-order valence-corrected chi connectivity index (χ3v) is 3.71. The van der Waals surface area contributed by atoms with Gasteiger partial charge in [0.05, 0.1) is 29.6 Å². The number of hydrogen-bond acceptors (Lipinski definition) is 7. The van der Waals surface area contributed by atoms with Gasteiger partial charge < -0.3 is 21.7 Å². The molecule has 1 aliphatic rings. The second kappa shape index (κ2) is 6.27. The summed E-state index contributed by atoms with van der Waals surface area (Å²) >= 11 is 1.36. The Bertz CT molecular complexity index is 751. The first-order valence-corrected chi connectivity index (χ1v) is 7.42. The van der Waals surface area contributed by atoms with Gasteiger partial charge >= 0.3 is 0 Å². The van der Waals surface area contributed by atoms with Crippen LogP contribution in [-0.2, 0) is 0 Å². The van der Waals surface area contributed by atoms with E-state index in [4.69, 9.17) is 5.73 Å². The minimum atomic E-state index is -0.330. The minimum Gasteiger partial charge on any atom is -0.397 e. The number of pyridine rings is 1. The normalized spacial score (nSPS) is 13.2. The lowest BCUT2D eigenvalue weighted by Gasteiger charge is -2.13. The van der Waals surface area contributed by atoms with Crippen LogP contribution >= 0.6 is 11.3 Å². The number of hydrogen-bond donors (Lipinski definition) is 4. The number of rotatable bonds is 4. The van der Waals surface area contributed by atoms with Crippen LogP contribution in [0.15, 0.2) is 48.0 Å². The van der Waals surface area contributed by atoms with Crippen LogP contribution in [0.2, 0.25) is 0 Å². The fourth-order valence-electron chi connectivity index (χ4n) is 1.88. The van der Waals surface area contributed by atoms with Crippen LogP contribution in [-0.4, -0.2) is 22.4 Å². The van der Waals surface area contributed by atoms with Crippen LogP contribution in [0.4, 0.5) is 16.4 Å². The van der Waals surface area contributed by atoms with E-state index in [-0.39, 0.29) is 5.91 Å². The van der Waals surface area contributed by atoms with E-state index in [0.29, 0.717) is 28.6 Å². The van der Waals surface area contributed by atoms with Gasteiger partial charge in [-0.25, -0.2) is 4.98 Å². The summed E-state index contributed by atoms with van der Waals surface area (Å²) < 4.78 is 0. The molecule has 3 heterocycles. The van der Waals surface area contributed by atoms with Gasteiger partial charge in [0.2, 0.25) is 0 Å². The number of thiazole rings is 1. The summed E-state index contributed by atoms with van der Waals surface area (Å²) in [5, 5.41) is 9.70. The van der Waals surface area contributed by atoms with Crippen LogP contribution in [0, 0.1) is 0 Å². The van der Waals surface area contributed by atoms with Gasteiger partial charge in [-0.1, -0.05) is 0 Å². The van der Waals surface area contributed by atoms with Gasteiger partial charge in [-0.05, 0) is 24.4 Å². The zero-order valence-corrected chi connectivity index (χ0v) is 12.4. The Morgan fingerprint density at radius 2 is 2.36 bits per heavy atom. The molecular formula is C14H14N6OS. The lowest BCUT2D eigenvalue weighted by molar-refractivity contribution is 0.102. The van der Waals surface area contributed by atoms with Crippen molar-refractivity contribution in [1.82, 2.24) is 15.3 Å². The van der Waals surface area contributed by atoms with E-state index >= 15 is 0 Å². The molecule has 0 atom stereocenters. The molecule has 2 aromatic heterocycles. The zero-order valence-electron chi connectivity index (χ0n) is 11.5. The summed E-state index contributed by atoms with van der Waals surface area (Å²) in [6, 6.07) is 1.63. The van der Waals surface area contributed by atoms with Crippen molar-refractivity contribution in [2.24, 2.45) is 0 Å². The second-order valence-electron chi connectivity index (χ2n) is 4.50. The Hall–Kier alpha value is -2.87.